The van der Waals surface area contributed by atoms with E-state index in [1.165, 1.54) is 11.3 Å². The Bertz CT molecular complexity index is 604. The molecule has 21 heavy (non-hydrogen) atoms. The molecule has 0 aliphatic rings. The molecule has 0 atom stereocenters. The van der Waals surface area contributed by atoms with Gasteiger partial charge in [0.05, 0.1) is 18.6 Å². The number of aryl methyl sites for hydroxylation is 1. The molecule has 0 aliphatic carbocycles. The molecule has 0 radical (unpaired) electrons. The normalized spacial score (nSPS) is 10.4. The Morgan fingerprint density at radius 3 is 2.57 bits per heavy atom. The summed E-state index contributed by atoms with van der Waals surface area (Å²) in [5.74, 6) is 0.768. The predicted molar refractivity (Wildman–Crippen MR) is 85.3 cm³/mol. The first-order chi connectivity index (χ1) is 10.2. The lowest BCUT2D eigenvalue weighted by Gasteiger charge is -2.03. The Balaban J connectivity index is 2.16. The lowest BCUT2D eigenvalue weighted by Crippen LogP contribution is -2.26. The summed E-state index contributed by atoms with van der Waals surface area (Å²) >= 11 is 1.50. The number of nitrogens with one attached hydrogen (secondary N) is 1. The highest BCUT2D eigenvalue weighted by atomic mass is 32.1. The van der Waals surface area contributed by atoms with Crippen molar-refractivity contribution < 1.29 is 14.3 Å². The fourth-order valence-electron chi connectivity index (χ4n) is 2.00. The highest BCUT2D eigenvalue weighted by Gasteiger charge is 2.13. The number of carbonyl (C=O) groups is 1. The number of carbonyl (C=O) groups excluding carboxylic acids is 1. The first-order valence-electron chi connectivity index (χ1n) is 6.67. The lowest BCUT2D eigenvalue weighted by molar-refractivity contribution is 0.0941. The van der Waals surface area contributed by atoms with Crippen molar-refractivity contribution in [2.45, 2.75) is 6.92 Å². The molecule has 0 fully saturated rings. The van der Waals surface area contributed by atoms with Crippen molar-refractivity contribution in [1.29, 1.82) is 0 Å². The lowest BCUT2D eigenvalue weighted by atomic mass is 10.1. The Morgan fingerprint density at radius 1 is 1.24 bits per heavy atom. The van der Waals surface area contributed by atoms with Gasteiger partial charge in [0.15, 0.2) is 0 Å². The van der Waals surface area contributed by atoms with Gasteiger partial charge >= 0.3 is 0 Å². The van der Waals surface area contributed by atoms with Gasteiger partial charge in [0, 0.05) is 18.5 Å². The molecule has 0 aliphatic heterocycles. The minimum atomic E-state index is -0.0556. The average molecular weight is 305 g/mol. The predicted octanol–water partition coefficient (Wildman–Crippen LogP) is 3.11. The Labute approximate surface area is 128 Å². The van der Waals surface area contributed by atoms with Gasteiger partial charge in [0.1, 0.15) is 5.75 Å². The molecule has 0 spiro atoms. The summed E-state index contributed by atoms with van der Waals surface area (Å²) in [7, 11) is 3.26. The summed E-state index contributed by atoms with van der Waals surface area (Å²) < 4.78 is 10.1. The van der Waals surface area contributed by atoms with E-state index in [4.69, 9.17) is 9.47 Å². The van der Waals surface area contributed by atoms with E-state index in [0.29, 0.717) is 13.2 Å². The molecule has 2 aromatic rings. The molecular weight excluding hydrogens is 286 g/mol. The monoisotopic (exact) mass is 305 g/mol. The number of amides is 1. The van der Waals surface area contributed by atoms with E-state index in [2.05, 4.69) is 5.32 Å². The van der Waals surface area contributed by atoms with Crippen molar-refractivity contribution in [3.05, 3.63) is 40.1 Å². The highest BCUT2D eigenvalue weighted by molar-refractivity contribution is 7.14. The van der Waals surface area contributed by atoms with Crippen molar-refractivity contribution in [3.8, 4) is 16.9 Å². The van der Waals surface area contributed by atoms with Crippen molar-refractivity contribution in [2.24, 2.45) is 0 Å². The first kappa shape index (κ1) is 15.5. The van der Waals surface area contributed by atoms with Crippen molar-refractivity contribution >= 4 is 17.2 Å². The number of rotatable bonds is 6. The summed E-state index contributed by atoms with van der Waals surface area (Å²) in [4.78, 5) is 13.9. The molecule has 5 heteroatoms. The fourth-order valence-corrected chi connectivity index (χ4v) is 2.96. The summed E-state index contributed by atoms with van der Waals surface area (Å²) in [6.07, 6.45) is 0. The summed E-state index contributed by atoms with van der Waals surface area (Å²) in [5, 5.41) is 2.84. The molecule has 1 amide bonds. The Kier molecular flexibility index (Phi) is 5.36. The first-order valence-corrected chi connectivity index (χ1v) is 7.49. The van der Waals surface area contributed by atoms with Gasteiger partial charge in [-0.25, -0.2) is 0 Å². The second-order valence-electron chi connectivity index (χ2n) is 4.56. The maximum atomic E-state index is 12.0. The Morgan fingerprint density at radius 2 is 1.95 bits per heavy atom. The molecule has 4 nitrogen and oxygen atoms in total. The van der Waals surface area contributed by atoms with Gasteiger partial charge in [0.25, 0.3) is 5.91 Å². The van der Waals surface area contributed by atoms with Crippen molar-refractivity contribution in [1.82, 2.24) is 5.32 Å². The molecule has 1 N–H and O–H groups in total. The van der Waals surface area contributed by atoms with E-state index in [1.54, 1.807) is 14.2 Å². The van der Waals surface area contributed by atoms with Gasteiger partial charge in [-0.15, -0.1) is 11.3 Å². The second kappa shape index (κ2) is 7.24. The molecule has 1 aromatic carbocycles. The number of hydrogen-bond acceptors (Lipinski definition) is 4. The maximum absolute atomic E-state index is 12.0. The fraction of sp³-hybridized carbons (Fsp3) is 0.312. The molecule has 0 saturated carbocycles. The third-order valence-corrected chi connectivity index (χ3v) is 4.18. The van der Waals surface area contributed by atoms with Gasteiger partial charge < -0.3 is 14.8 Å². The summed E-state index contributed by atoms with van der Waals surface area (Å²) in [6, 6.07) is 9.78. The smallest absolute Gasteiger partial charge is 0.261 e. The maximum Gasteiger partial charge on any atom is 0.261 e. The van der Waals surface area contributed by atoms with Crippen LogP contribution in [0.4, 0.5) is 0 Å². The number of ether oxygens (including phenoxy) is 2. The van der Waals surface area contributed by atoms with Gasteiger partial charge in [-0.2, -0.15) is 0 Å². The van der Waals surface area contributed by atoms with Gasteiger partial charge in [0.2, 0.25) is 0 Å². The van der Waals surface area contributed by atoms with Crippen LogP contribution in [0.15, 0.2) is 30.3 Å². The Hall–Kier alpha value is -1.85. The van der Waals surface area contributed by atoms with Crippen LogP contribution in [0.2, 0.25) is 0 Å². The van der Waals surface area contributed by atoms with Crippen LogP contribution in [0, 0.1) is 6.92 Å². The van der Waals surface area contributed by atoms with Gasteiger partial charge in [-0.3, -0.25) is 4.79 Å². The van der Waals surface area contributed by atoms with Crippen LogP contribution in [0.5, 0.6) is 5.75 Å². The molecule has 1 heterocycles. The zero-order valence-corrected chi connectivity index (χ0v) is 13.3. The molecule has 2 rings (SSSR count). The number of benzene rings is 1. The van der Waals surface area contributed by atoms with E-state index in [0.717, 1.165) is 26.6 Å². The standard InChI is InChI=1S/C16H19NO3S/c1-11-14(12-4-6-13(20-3)7-5-12)10-15(21-11)16(18)17-8-9-19-2/h4-7,10H,8-9H2,1-3H3,(H,17,18). The van der Waals surface area contributed by atoms with Crippen LogP contribution in [0.25, 0.3) is 11.1 Å². The summed E-state index contributed by atoms with van der Waals surface area (Å²) in [5.41, 5.74) is 2.17. The average Bonchev–Trinajstić information content (AvgIpc) is 2.89. The highest BCUT2D eigenvalue weighted by Crippen LogP contribution is 2.31. The minimum Gasteiger partial charge on any atom is -0.497 e. The van der Waals surface area contributed by atoms with Crippen LogP contribution in [-0.2, 0) is 4.74 Å². The van der Waals surface area contributed by atoms with Crippen LogP contribution in [-0.4, -0.2) is 33.3 Å². The number of hydrogen-bond donors (Lipinski definition) is 1. The van der Waals surface area contributed by atoms with Gasteiger partial charge in [-0.05, 0) is 36.2 Å². The molecule has 0 bridgehead atoms. The van der Waals surface area contributed by atoms with Crippen LogP contribution < -0.4 is 10.1 Å². The zero-order valence-electron chi connectivity index (χ0n) is 12.4. The van der Waals surface area contributed by atoms with Crippen molar-refractivity contribution in [3.63, 3.8) is 0 Å². The number of thiophene rings is 1. The SMILES string of the molecule is COCCNC(=O)c1cc(-c2ccc(OC)cc2)c(C)s1. The molecular formula is C16H19NO3S. The zero-order chi connectivity index (χ0) is 15.2. The topological polar surface area (TPSA) is 47.6 Å². The van der Waals surface area contributed by atoms with Crippen LogP contribution >= 0.6 is 11.3 Å². The molecule has 0 unspecified atom stereocenters. The van der Waals surface area contributed by atoms with Crippen LogP contribution in [0.1, 0.15) is 14.5 Å². The van der Waals surface area contributed by atoms with E-state index in [1.807, 2.05) is 37.3 Å². The number of methoxy groups -OCH3 is 2. The molecule has 1 aromatic heterocycles. The second-order valence-corrected chi connectivity index (χ2v) is 5.81. The van der Waals surface area contributed by atoms with Crippen LogP contribution in [0.3, 0.4) is 0 Å². The summed E-state index contributed by atoms with van der Waals surface area (Å²) in [6.45, 7) is 3.06. The third-order valence-electron chi connectivity index (χ3n) is 3.13. The van der Waals surface area contributed by atoms with Crippen molar-refractivity contribution in [2.75, 3.05) is 27.4 Å². The van der Waals surface area contributed by atoms with E-state index in [9.17, 15) is 4.79 Å². The molecule has 0 saturated heterocycles. The quantitative estimate of drug-likeness (QED) is 0.834. The van der Waals surface area contributed by atoms with E-state index >= 15 is 0 Å². The van der Waals surface area contributed by atoms with Gasteiger partial charge in [-0.1, -0.05) is 12.1 Å². The largest absolute Gasteiger partial charge is 0.497 e. The van der Waals surface area contributed by atoms with E-state index in [-0.39, 0.29) is 5.91 Å². The third kappa shape index (κ3) is 3.83. The molecule has 112 valence electrons. The van der Waals surface area contributed by atoms with E-state index < -0.39 is 0 Å². The minimum absolute atomic E-state index is 0.0556.